The van der Waals surface area contributed by atoms with Crippen LogP contribution >= 0.6 is 0 Å². The van der Waals surface area contributed by atoms with Crippen LogP contribution in [-0.4, -0.2) is 50.7 Å². The summed E-state index contributed by atoms with van der Waals surface area (Å²) in [4.78, 5) is 15.8. The van der Waals surface area contributed by atoms with Gasteiger partial charge < -0.3 is 18.9 Å². The molecule has 1 atom stereocenters. The summed E-state index contributed by atoms with van der Waals surface area (Å²) in [5.74, 6) is 2.59. The van der Waals surface area contributed by atoms with Crippen molar-refractivity contribution < 1.29 is 23.7 Å². The zero-order valence-corrected chi connectivity index (χ0v) is 19.4. The molecule has 0 spiro atoms. The molecule has 0 radical (unpaired) electrons. The molecule has 2 aromatic carbocycles. The highest BCUT2D eigenvalue weighted by atomic mass is 16.5. The standard InChI is InChI=1S/C25H31NO5/c1-13(2)30-19-12-17-16(11-18(19)28-6)22-21-15(8-9-26(5)23(21)24(17)27)10-20(25(22)29-7)31-14(3)4/h10-14,23H,8-9H2,1-7H3. The van der Waals surface area contributed by atoms with Gasteiger partial charge in [0.25, 0.3) is 0 Å². The molecule has 6 nitrogen and oxygen atoms in total. The fraction of sp³-hybridized carbons (Fsp3) is 0.480. The van der Waals surface area contributed by atoms with Crippen LogP contribution in [0.1, 0.15) is 55.2 Å². The van der Waals surface area contributed by atoms with E-state index in [4.69, 9.17) is 18.9 Å². The van der Waals surface area contributed by atoms with E-state index >= 15 is 0 Å². The van der Waals surface area contributed by atoms with Crippen LogP contribution in [0.25, 0.3) is 11.1 Å². The Hall–Kier alpha value is -2.73. The van der Waals surface area contributed by atoms with Gasteiger partial charge in [-0.1, -0.05) is 0 Å². The van der Waals surface area contributed by atoms with Crippen LogP contribution < -0.4 is 18.9 Å². The molecule has 2 aromatic rings. The van der Waals surface area contributed by atoms with Gasteiger partial charge in [-0.15, -0.1) is 0 Å². The first-order valence-corrected chi connectivity index (χ1v) is 10.8. The number of likely N-dealkylation sites (N-methyl/N-ethyl adjacent to an activating group) is 1. The van der Waals surface area contributed by atoms with Gasteiger partial charge in [0.2, 0.25) is 0 Å². The average molecular weight is 426 g/mol. The van der Waals surface area contributed by atoms with E-state index in [9.17, 15) is 4.79 Å². The van der Waals surface area contributed by atoms with Crippen molar-refractivity contribution in [1.82, 2.24) is 4.90 Å². The Morgan fingerprint density at radius 3 is 2.16 bits per heavy atom. The lowest BCUT2D eigenvalue weighted by Gasteiger charge is -2.39. The van der Waals surface area contributed by atoms with Gasteiger partial charge in [-0.2, -0.15) is 0 Å². The second-order valence-corrected chi connectivity index (χ2v) is 8.74. The van der Waals surface area contributed by atoms with Crippen molar-refractivity contribution in [3.63, 3.8) is 0 Å². The summed E-state index contributed by atoms with van der Waals surface area (Å²) >= 11 is 0. The molecule has 6 heteroatoms. The quantitative estimate of drug-likeness (QED) is 0.670. The smallest absolute Gasteiger partial charge is 0.185 e. The van der Waals surface area contributed by atoms with Crippen LogP contribution in [-0.2, 0) is 6.42 Å². The molecule has 0 saturated carbocycles. The zero-order chi connectivity index (χ0) is 22.4. The highest BCUT2D eigenvalue weighted by Crippen LogP contribution is 2.54. The Balaban J connectivity index is 2.05. The van der Waals surface area contributed by atoms with Crippen LogP contribution in [0.2, 0.25) is 0 Å². The van der Waals surface area contributed by atoms with E-state index in [1.54, 1.807) is 14.2 Å². The summed E-state index contributed by atoms with van der Waals surface area (Å²) in [6.07, 6.45) is 0.812. The maximum Gasteiger partial charge on any atom is 0.185 e. The summed E-state index contributed by atoms with van der Waals surface area (Å²) in [5, 5.41) is 0. The van der Waals surface area contributed by atoms with E-state index in [1.165, 1.54) is 0 Å². The number of hydrogen-bond acceptors (Lipinski definition) is 6. The topological polar surface area (TPSA) is 57.2 Å². The second-order valence-electron chi connectivity index (χ2n) is 8.74. The molecule has 0 fully saturated rings. The lowest BCUT2D eigenvalue weighted by Crippen LogP contribution is -2.39. The summed E-state index contributed by atoms with van der Waals surface area (Å²) in [6, 6.07) is 5.40. The molecule has 2 aliphatic rings. The van der Waals surface area contributed by atoms with Crippen LogP contribution in [0.5, 0.6) is 23.0 Å². The maximum atomic E-state index is 13.7. The minimum absolute atomic E-state index is 0.00209. The molecule has 0 saturated heterocycles. The van der Waals surface area contributed by atoms with Crippen molar-refractivity contribution in [3.8, 4) is 34.1 Å². The molecule has 1 unspecified atom stereocenters. The highest BCUT2D eigenvalue weighted by molar-refractivity contribution is 6.12. The normalized spacial score (nSPS) is 17.5. The van der Waals surface area contributed by atoms with Crippen molar-refractivity contribution >= 4 is 5.78 Å². The number of fused-ring (bicyclic) bond motifs is 2. The van der Waals surface area contributed by atoms with E-state index in [0.717, 1.165) is 35.2 Å². The number of nitrogens with zero attached hydrogens (tertiary/aromatic N) is 1. The van der Waals surface area contributed by atoms with Gasteiger partial charge in [0.15, 0.2) is 28.8 Å². The molecule has 0 N–H and O–H groups in total. The highest BCUT2D eigenvalue weighted by Gasteiger charge is 2.42. The van der Waals surface area contributed by atoms with Gasteiger partial charge in [0.1, 0.15) is 0 Å². The number of ketones is 1. The fourth-order valence-electron chi connectivity index (χ4n) is 4.64. The minimum Gasteiger partial charge on any atom is -0.493 e. The number of carbonyl (C=O) groups is 1. The van der Waals surface area contributed by atoms with Crippen molar-refractivity contribution in [2.45, 2.75) is 52.4 Å². The van der Waals surface area contributed by atoms with Crippen LogP contribution in [0, 0.1) is 0 Å². The first kappa shape index (κ1) is 21.5. The van der Waals surface area contributed by atoms with Crippen LogP contribution in [0.4, 0.5) is 0 Å². The van der Waals surface area contributed by atoms with Crippen molar-refractivity contribution in [3.05, 3.63) is 34.9 Å². The number of ether oxygens (including phenoxy) is 4. The Labute approximate surface area is 184 Å². The molecule has 0 amide bonds. The summed E-state index contributed by atoms with van der Waals surface area (Å²) < 4.78 is 23.6. The van der Waals surface area contributed by atoms with Gasteiger partial charge in [0, 0.05) is 23.2 Å². The lowest BCUT2D eigenvalue weighted by molar-refractivity contribution is 0.0834. The number of carbonyl (C=O) groups excluding carboxylic acids is 1. The Morgan fingerprint density at radius 1 is 0.903 bits per heavy atom. The molecule has 4 rings (SSSR count). The average Bonchev–Trinajstić information content (AvgIpc) is 2.71. The molecule has 166 valence electrons. The van der Waals surface area contributed by atoms with Gasteiger partial charge in [0.05, 0.1) is 32.5 Å². The Bertz CT molecular complexity index is 1030. The number of Topliss-reactive ketones (excluding diaryl/α,β-unsaturated/α-hetero) is 1. The minimum atomic E-state index is -0.353. The van der Waals surface area contributed by atoms with Gasteiger partial charge in [-0.25, -0.2) is 0 Å². The van der Waals surface area contributed by atoms with Crippen molar-refractivity contribution in [2.24, 2.45) is 0 Å². The summed E-state index contributed by atoms with van der Waals surface area (Å²) in [7, 11) is 5.26. The third kappa shape index (κ3) is 3.53. The molecule has 0 aromatic heterocycles. The first-order chi connectivity index (χ1) is 14.8. The van der Waals surface area contributed by atoms with Gasteiger partial charge >= 0.3 is 0 Å². The molecular weight excluding hydrogens is 394 g/mol. The fourth-order valence-corrected chi connectivity index (χ4v) is 4.64. The van der Waals surface area contributed by atoms with E-state index in [1.807, 2.05) is 52.9 Å². The maximum absolute atomic E-state index is 13.7. The van der Waals surface area contributed by atoms with E-state index in [2.05, 4.69) is 4.90 Å². The third-order valence-electron chi connectivity index (χ3n) is 5.84. The SMILES string of the molecule is COc1cc2c(cc1OC(C)C)C(=O)C1c3c(cc(OC(C)C)c(OC)c3-2)CCN1C. The van der Waals surface area contributed by atoms with Crippen molar-refractivity contribution in [1.29, 1.82) is 0 Å². The number of methoxy groups -OCH3 is 2. The molecule has 0 bridgehead atoms. The van der Waals surface area contributed by atoms with Crippen LogP contribution in [0.15, 0.2) is 18.2 Å². The summed E-state index contributed by atoms with van der Waals surface area (Å²) in [6.45, 7) is 8.71. The van der Waals surface area contributed by atoms with Crippen molar-refractivity contribution in [2.75, 3.05) is 27.8 Å². The molecule has 1 aliphatic heterocycles. The Morgan fingerprint density at radius 2 is 1.55 bits per heavy atom. The van der Waals surface area contributed by atoms with E-state index in [0.29, 0.717) is 28.6 Å². The second kappa shape index (κ2) is 8.08. The van der Waals surface area contributed by atoms with Gasteiger partial charge in [-0.05, 0) is 70.5 Å². The molecule has 1 heterocycles. The van der Waals surface area contributed by atoms with Crippen LogP contribution in [0.3, 0.4) is 0 Å². The lowest BCUT2D eigenvalue weighted by atomic mass is 9.75. The van der Waals surface area contributed by atoms with E-state index in [-0.39, 0.29) is 24.0 Å². The third-order valence-corrected chi connectivity index (χ3v) is 5.84. The van der Waals surface area contributed by atoms with Gasteiger partial charge in [-0.3, -0.25) is 9.69 Å². The zero-order valence-electron chi connectivity index (χ0n) is 19.4. The predicted molar refractivity (Wildman–Crippen MR) is 120 cm³/mol. The number of rotatable bonds is 6. The molecule has 31 heavy (non-hydrogen) atoms. The Kier molecular flexibility index (Phi) is 5.60. The largest absolute Gasteiger partial charge is 0.493 e. The molecule has 1 aliphatic carbocycles. The number of hydrogen-bond donors (Lipinski definition) is 0. The number of benzene rings is 2. The monoisotopic (exact) mass is 425 g/mol. The summed E-state index contributed by atoms with van der Waals surface area (Å²) in [5.41, 5.74) is 4.48. The molecular formula is C25H31NO5. The van der Waals surface area contributed by atoms with E-state index < -0.39 is 0 Å². The predicted octanol–water partition coefficient (Wildman–Crippen LogP) is 4.67. The first-order valence-electron chi connectivity index (χ1n) is 10.8.